The van der Waals surface area contributed by atoms with Crippen LogP contribution in [0.1, 0.15) is 19.4 Å². The van der Waals surface area contributed by atoms with Gasteiger partial charge in [-0.2, -0.15) is 5.10 Å². The molecular formula is C16H22BrN3O5. The molecule has 0 unspecified atom stereocenters. The Balaban J connectivity index is 2.73. The Bertz CT molecular complexity index is 622. The van der Waals surface area contributed by atoms with Gasteiger partial charge in [-0.3, -0.25) is 9.59 Å². The van der Waals surface area contributed by atoms with Crippen LogP contribution >= 0.6 is 15.9 Å². The molecular weight excluding hydrogens is 394 g/mol. The van der Waals surface area contributed by atoms with Gasteiger partial charge in [-0.1, -0.05) is 0 Å². The molecule has 0 spiro atoms. The van der Waals surface area contributed by atoms with Gasteiger partial charge in [0.1, 0.15) is 0 Å². The number of nitrogens with one attached hydrogen (secondary N) is 2. The van der Waals surface area contributed by atoms with Crippen molar-refractivity contribution >= 4 is 34.0 Å². The molecule has 0 radical (unpaired) electrons. The number of carbonyl (C=O) groups is 2. The molecule has 0 aliphatic heterocycles. The second-order valence-corrected chi connectivity index (χ2v) is 5.50. The van der Waals surface area contributed by atoms with Crippen LogP contribution in [0.3, 0.4) is 0 Å². The third-order valence-corrected chi connectivity index (χ3v) is 3.39. The standard InChI is InChI=1S/C16H22BrN3O5/c1-4-24-13-9-11(8-12(17)14(13)25-5-2)10-19-20-16(22)15(21)18-6-7-23-3/h8-10H,4-7H2,1-3H3,(H,18,21)(H,20,22)/b19-10-. The maximum Gasteiger partial charge on any atom is 0.329 e. The lowest BCUT2D eigenvalue weighted by Gasteiger charge is -2.13. The van der Waals surface area contributed by atoms with E-state index in [2.05, 4.69) is 31.8 Å². The molecule has 8 nitrogen and oxygen atoms in total. The summed E-state index contributed by atoms with van der Waals surface area (Å²) in [6, 6.07) is 3.50. The van der Waals surface area contributed by atoms with Crippen molar-refractivity contribution in [1.82, 2.24) is 10.7 Å². The van der Waals surface area contributed by atoms with Crippen molar-refractivity contribution in [3.05, 3.63) is 22.2 Å². The van der Waals surface area contributed by atoms with Crippen molar-refractivity contribution in [3.8, 4) is 11.5 Å². The summed E-state index contributed by atoms with van der Waals surface area (Å²) >= 11 is 3.42. The molecule has 138 valence electrons. The molecule has 2 N–H and O–H groups in total. The molecule has 0 fully saturated rings. The van der Waals surface area contributed by atoms with E-state index in [1.807, 2.05) is 13.8 Å². The molecule has 0 bridgehead atoms. The minimum Gasteiger partial charge on any atom is -0.490 e. The third kappa shape index (κ3) is 7.10. The maximum absolute atomic E-state index is 11.6. The number of ether oxygens (including phenoxy) is 3. The van der Waals surface area contributed by atoms with E-state index in [0.29, 0.717) is 41.4 Å². The van der Waals surface area contributed by atoms with Crippen molar-refractivity contribution in [2.24, 2.45) is 5.10 Å². The first kappa shape index (κ1) is 20.9. The fourth-order valence-electron chi connectivity index (χ4n) is 1.77. The molecule has 9 heteroatoms. The van der Waals surface area contributed by atoms with Crippen LogP contribution in [0, 0.1) is 0 Å². The molecule has 1 rings (SSSR count). The van der Waals surface area contributed by atoms with Crippen LogP contribution in [0.15, 0.2) is 21.7 Å². The number of benzene rings is 1. The summed E-state index contributed by atoms with van der Waals surface area (Å²) in [6.45, 7) is 5.29. The Hall–Kier alpha value is -2.13. The first-order chi connectivity index (χ1) is 12.0. The quantitative estimate of drug-likeness (QED) is 0.275. The highest BCUT2D eigenvalue weighted by Gasteiger charge is 2.13. The molecule has 1 aromatic rings. The average Bonchev–Trinajstić information content (AvgIpc) is 2.58. The smallest absolute Gasteiger partial charge is 0.329 e. The number of methoxy groups -OCH3 is 1. The van der Waals surface area contributed by atoms with E-state index in [4.69, 9.17) is 14.2 Å². The number of rotatable bonds is 9. The summed E-state index contributed by atoms with van der Waals surface area (Å²) in [6.07, 6.45) is 1.41. The van der Waals surface area contributed by atoms with Crippen LogP contribution in [-0.2, 0) is 14.3 Å². The summed E-state index contributed by atoms with van der Waals surface area (Å²) < 4.78 is 16.6. The summed E-state index contributed by atoms with van der Waals surface area (Å²) in [4.78, 5) is 23.0. The first-order valence-electron chi connectivity index (χ1n) is 7.72. The topological polar surface area (TPSA) is 98.2 Å². The predicted octanol–water partition coefficient (Wildman–Crippen LogP) is 1.46. The van der Waals surface area contributed by atoms with Crippen molar-refractivity contribution in [2.45, 2.75) is 13.8 Å². The predicted molar refractivity (Wildman–Crippen MR) is 97.1 cm³/mol. The van der Waals surface area contributed by atoms with E-state index in [1.165, 1.54) is 13.3 Å². The Labute approximate surface area is 155 Å². The monoisotopic (exact) mass is 415 g/mol. The van der Waals surface area contributed by atoms with Gasteiger partial charge in [-0.15, -0.1) is 0 Å². The maximum atomic E-state index is 11.6. The lowest BCUT2D eigenvalue weighted by molar-refractivity contribution is -0.139. The highest BCUT2D eigenvalue weighted by atomic mass is 79.9. The third-order valence-electron chi connectivity index (χ3n) is 2.80. The van der Waals surface area contributed by atoms with Crippen molar-refractivity contribution in [3.63, 3.8) is 0 Å². The van der Waals surface area contributed by atoms with Crippen LogP contribution in [0.25, 0.3) is 0 Å². The SMILES string of the molecule is CCOc1cc(/C=N\NC(=O)C(=O)NCCOC)cc(Br)c1OCC. The van der Waals surface area contributed by atoms with Gasteiger partial charge < -0.3 is 19.5 Å². The second kappa shape index (κ2) is 11.4. The average molecular weight is 416 g/mol. The van der Waals surface area contributed by atoms with Crippen molar-refractivity contribution in [1.29, 1.82) is 0 Å². The van der Waals surface area contributed by atoms with Crippen molar-refractivity contribution in [2.75, 3.05) is 33.5 Å². The molecule has 0 atom stereocenters. The van der Waals surface area contributed by atoms with Gasteiger partial charge in [0, 0.05) is 13.7 Å². The van der Waals surface area contributed by atoms with E-state index >= 15 is 0 Å². The first-order valence-corrected chi connectivity index (χ1v) is 8.52. The lowest BCUT2D eigenvalue weighted by atomic mass is 10.2. The zero-order valence-corrected chi connectivity index (χ0v) is 16.0. The molecule has 0 heterocycles. The minimum atomic E-state index is -0.859. The minimum absolute atomic E-state index is 0.246. The Morgan fingerprint density at radius 3 is 2.56 bits per heavy atom. The van der Waals surface area contributed by atoms with E-state index < -0.39 is 11.8 Å². The summed E-state index contributed by atoms with van der Waals surface area (Å²) in [7, 11) is 1.50. The van der Waals surface area contributed by atoms with Gasteiger partial charge in [0.15, 0.2) is 11.5 Å². The summed E-state index contributed by atoms with van der Waals surface area (Å²) in [5.41, 5.74) is 2.82. The van der Waals surface area contributed by atoms with Gasteiger partial charge in [0.25, 0.3) is 0 Å². The molecule has 2 amide bonds. The van der Waals surface area contributed by atoms with Crippen LogP contribution in [0.2, 0.25) is 0 Å². The second-order valence-electron chi connectivity index (χ2n) is 4.64. The number of nitrogens with zero attached hydrogens (tertiary/aromatic N) is 1. The fraction of sp³-hybridized carbons (Fsp3) is 0.438. The van der Waals surface area contributed by atoms with Crippen LogP contribution in [-0.4, -0.2) is 51.5 Å². The zero-order chi connectivity index (χ0) is 18.7. The van der Waals surface area contributed by atoms with Crippen LogP contribution in [0.4, 0.5) is 0 Å². The molecule has 0 aliphatic rings. The van der Waals surface area contributed by atoms with Crippen LogP contribution < -0.4 is 20.2 Å². The van der Waals surface area contributed by atoms with E-state index in [1.54, 1.807) is 12.1 Å². The molecule has 0 aliphatic carbocycles. The van der Waals surface area contributed by atoms with Gasteiger partial charge in [0.2, 0.25) is 0 Å². The molecule has 0 saturated carbocycles. The molecule has 0 aromatic heterocycles. The Morgan fingerprint density at radius 1 is 1.20 bits per heavy atom. The molecule has 25 heavy (non-hydrogen) atoms. The van der Waals surface area contributed by atoms with Crippen LogP contribution in [0.5, 0.6) is 11.5 Å². The summed E-state index contributed by atoms with van der Waals surface area (Å²) in [5.74, 6) is -0.480. The number of hydrogen-bond donors (Lipinski definition) is 2. The van der Waals surface area contributed by atoms with E-state index in [0.717, 1.165) is 0 Å². The summed E-state index contributed by atoms with van der Waals surface area (Å²) in [5, 5.41) is 6.17. The lowest BCUT2D eigenvalue weighted by Crippen LogP contribution is -2.39. The highest BCUT2D eigenvalue weighted by molar-refractivity contribution is 9.10. The van der Waals surface area contributed by atoms with Gasteiger partial charge in [-0.05, 0) is 47.5 Å². The van der Waals surface area contributed by atoms with Gasteiger partial charge >= 0.3 is 11.8 Å². The number of hydrogen-bond acceptors (Lipinski definition) is 6. The van der Waals surface area contributed by atoms with E-state index in [9.17, 15) is 9.59 Å². The number of amides is 2. The molecule has 1 aromatic carbocycles. The van der Waals surface area contributed by atoms with Gasteiger partial charge in [0.05, 0.1) is 30.5 Å². The van der Waals surface area contributed by atoms with E-state index in [-0.39, 0.29) is 6.54 Å². The van der Waals surface area contributed by atoms with Gasteiger partial charge in [-0.25, -0.2) is 5.43 Å². The zero-order valence-electron chi connectivity index (χ0n) is 14.4. The fourth-order valence-corrected chi connectivity index (χ4v) is 2.35. The number of hydrazone groups is 1. The van der Waals surface area contributed by atoms with Crippen molar-refractivity contribution < 1.29 is 23.8 Å². The largest absolute Gasteiger partial charge is 0.490 e. The molecule has 0 saturated heterocycles. The Morgan fingerprint density at radius 2 is 1.92 bits per heavy atom. The normalized spacial score (nSPS) is 10.6. The highest BCUT2D eigenvalue weighted by Crippen LogP contribution is 2.36. The number of halogens is 1. The Kier molecular flexibility index (Phi) is 9.56. The number of carbonyl (C=O) groups excluding carboxylic acids is 2.